The van der Waals surface area contributed by atoms with Crippen molar-refractivity contribution in [1.82, 2.24) is 10.2 Å². The highest BCUT2D eigenvalue weighted by Crippen LogP contribution is 2.32. The fourth-order valence-electron chi connectivity index (χ4n) is 2.82. The molecule has 5 nitrogen and oxygen atoms in total. The molecule has 1 aliphatic heterocycles. The second-order valence-electron chi connectivity index (χ2n) is 5.62. The van der Waals surface area contributed by atoms with Crippen molar-refractivity contribution in [2.45, 2.75) is 25.7 Å². The number of nitrogens with zero attached hydrogens (tertiary/aromatic N) is 1. The maximum absolute atomic E-state index is 12.3. The van der Waals surface area contributed by atoms with Gasteiger partial charge >= 0.3 is 0 Å². The van der Waals surface area contributed by atoms with Crippen LogP contribution in [0.4, 0.5) is 4.79 Å². The lowest BCUT2D eigenvalue weighted by Gasteiger charge is -2.14. The number of carbonyl (C=O) groups excluding carboxylic acids is 3. The van der Waals surface area contributed by atoms with E-state index in [1.165, 1.54) is 16.2 Å². The van der Waals surface area contributed by atoms with Crippen molar-refractivity contribution in [3.8, 4) is 0 Å². The standard InChI is InChI=1S/C16H18N2O3S2/c19-14(11-4-1-2-5-11)17-7-8-18-15(20)13(23-16(18)21)10-12-6-3-9-22-12/h3,6,9-11H,1-2,4-5,7-8H2,(H,17,19)/b13-10-. The Morgan fingerprint density at radius 3 is 2.83 bits per heavy atom. The number of hydrogen-bond donors (Lipinski definition) is 1. The van der Waals surface area contributed by atoms with Crippen LogP contribution in [0.1, 0.15) is 30.6 Å². The van der Waals surface area contributed by atoms with Gasteiger partial charge in [-0.3, -0.25) is 19.3 Å². The monoisotopic (exact) mass is 350 g/mol. The summed E-state index contributed by atoms with van der Waals surface area (Å²) in [6, 6.07) is 3.81. The van der Waals surface area contributed by atoms with E-state index in [0.29, 0.717) is 11.4 Å². The van der Waals surface area contributed by atoms with Gasteiger partial charge in [-0.1, -0.05) is 18.9 Å². The zero-order chi connectivity index (χ0) is 16.2. The summed E-state index contributed by atoms with van der Waals surface area (Å²) in [4.78, 5) is 38.8. The Morgan fingerprint density at radius 1 is 1.35 bits per heavy atom. The molecule has 0 atom stereocenters. The van der Waals surface area contributed by atoms with Gasteiger partial charge in [-0.05, 0) is 42.1 Å². The molecule has 1 N–H and O–H groups in total. The SMILES string of the molecule is O=C(NCCN1C(=O)S/C(=C\c2cccs2)C1=O)C1CCCC1. The highest BCUT2D eigenvalue weighted by atomic mass is 32.2. The Hall–Kier alpha value is -1.60. The Labute approximate surface area is 143 Å². The Bertz CT molecular complexity index is 634. The van der Waals surface area contributed by atoms with Crippen LogP contribution in [0.2, 0.25) is 0 Å². The van der Waals surface area contributed by atoms with Gasteiger partial charge in [0.1, 0.15) is 0 Å². The summed E-state index contributed by atoms with van der Waals surface area (Å²) in [5.74, 6) is -0.129. The van der Waals surface area contributed by atoms with Gasteiger partial charge in [0.2, 0.25) is 5.91 Å². The van der Waals surface area contributed by atoms with E-state index >= 15 is 0 Å². The first-order valence-corrected chi connectivity index (χ1v) is 9.41. The molecule has 2 fully saturated rings. The minimum atomic E-state index is -0.275. The summed E-state index contributed by atoms with van der Waals surface area (Å²) >= 11 is 2.48. The predicted octanol–water partition coefficient (Wildman–Crippen LogP) is 3.09. The highest BCUT2D eigenvalue weighted by Gasteiger charge is 2.34. The number of thiophene rings is 1. The van der Waals surface area contributed by atoms with Crippen molar-refractivity contribution in [3.63, 3.8) is 0 Å². The molecule has 0 bridgehead atoms. The first-order chi connectivity index (χ1) is 11.1. The molecule has 2 aliphatic rings. The van der Waals surface area contributed by atoms with Crippen LogP contribution in [-0.2, 0) is 9.59 Å². The molecule has 1 aromatic heterocycles. The quantitative estimate of drug-likeness (QED) is 0.829. The third kappa shape index (κ3) is 3.84. The predicted molar refractivity (Wildman–Crippen MR) is 92.0 cm³/mol. The van der Waals surface area contributed by atoms with Crippen LogP contribution in [0.5, 0.6) is 0 Å². The summed E-state index contributed by atoms with van der Waals surface area (Å²) < 4.78 is 0. The lowest BCUT2D eigenvalue weighted by Crippen LogP contribution is -2.39. The van der Waals surface area contributed by atoms with Crippen molar-refractivity contribution in [2.24, 2.45) is 5.92 Å². The molecule has 1 aliphatic carbocycles. The Morgan fingerprint density at radius 2 is 2.13 bits per heavy atom. The van der Waals surface area contributed by atoms with Crippen LogP contribution < -0.4 is 5.32 Å². The summed E-state index contributed by atoms with van der Waals surface area (Å²) in [7, 11) is 0. The van der Waals surface area contributed by atoms with E-state index in [2.05, 4.69) is 5.32 Å². The molecule has 1 saturated heterocycles. The van der Waals surface area contributed by atoms with Crippen LogP contribution >= 0.6 is 23.1 Å². The van der Waals surface area contributed by atoms with Crippen molar-refractivity contribution >= 4 is 46.2 Å². The summed E-state index contributed by atoms with van der Waals surface area (Å²) in [5, 5.41) is 4.50. The van der Waals surface area contributed by atoms with Crippen molar-refractivity contribution in [3.05, 3.63) is 27.3 Å². The van der Waals surface area contributed by atoms with Gasteiger partial charge in [-0.2, -0.15) is 0 Å². The smallest absolute Gasteiger partial charge is 0.293 e. The fraction of sp³-hybridized carbons (Fsp3) is 0.438. The summed E-state index contributed by atoms with van der Waals surface area (Å²) in [6.07, 6.45) is 5.84. The van der Waals surface area contributed by atoms with Crippen molar-refractivity contribution in [1.29, 1.82) is 0 Å². The first kappa shape index (κ1) is 16.3. The largest absolute Gasteiger partial charge is 0.354 e. The average Bonchev–Trinajstić information content (AvgIpc) is 3.26. The van der Waals surface area contributed by atoms with Crippen LogP contribution in [0, 0.1) is 5.92 Å². The molecule has 1 aromatic rings. The van der Waals surface area contributed by atoms with E-state index in [1.807, 2.05) is 17.5 Å². The maximum Gasteiger partial charge on any atom is 0.293 e. The number of rotatable bonds is 5. The molecule has 0 radical (unpaired) electrons. The third-order valence-electron chi connectivity index (χ3n) is 4.05. The number of imide groups is 1. The van der Waals surface area contributed by atoms with E-state index in [-0.39, 0.29) is 29.5 Å². The third-order valence-corrected chi connectivity index (χ3v) is 5.78. The lowest BCUT2D eigenvalue weighted by molar-refractivity contribution is -0.126. The highest BCUT2D eigenvalue weighted by molar-refractivity contribution is 8.18. The Balaban J connectivity index is 1.53. The van der Waals surface area contributed by atoms with E-state index in [1.54, 1.807) is 6.08 Å². The van der Waals surface area contributed by atoms with Crippen molar-refractivity contribution in [2.75, 3.05) is 13.1 Å². The molecule has 2 heterocycles. The van der Waals surface area contributed by atoms with E-state index in [9.17, 15) is 14.4 Å². The number of hydrogen-bond acceptors (Lipinski definition) is 5. The zero-order valence-electron chi connectivity index (χ0n) is 12.6. The van der Waals surface area contributed by atoms with Gasteiger partial charge in [0.05, 0.1) is 4.91 Å². The van der Waals surface area contributed by atoms with Gasteiger partial charge in [0.25, 0.3) is 11.1 Å². The Kier molecular flexibility index (Phi) is 5.17. The summed E-state index contributed by atoms with van der Waals surface area (Å²) in [6.45, 7) is 0.546. The minimum Gasteiger partial charge on any atom is -0.354 e. The molecule has 23 heavy (non-hydrogen) atoms. The number of amides is 3. The molecule has 1 saturated carbocycles. The molecule has 0 unspecified atom stereocenters. The second kappa shape index (κ2) is 7.31. The topological polar surface area (TPSA) is 66.5 Å². The van der Waals surface area contributed by atoms with Crippen LogP contribution in [0.15, 0.2) is 22.4 Å². The van der Waals surface area contributed by atoms with Gasteiger partial charge in [-0.15, -0.1) is 11.3 Å². The molecule has 3 rings (SSSR count). The molecular formula is C16H18N2O3S2. The van der Waals surface area contributed by atoms with E-state index in [4.69, 9.17) is 0 Å². The molecule has 7 heteroatoms. The molecule has 0 spiro atoms. The first-order valence-electron chi connectivity index (χ1n) is 7.72. The van der Waals surface area contributed by atoms with Crippen LogP contribution in [0.3, 0.4) is 0 Å². The van der Waals surface area contributed by atoms with Crippen molar-refractivity contribution < 1.29 is 14.4 Å². The lowest BCUT2D eigenvalue weighted by atomic mass is 10.1. The van der Waals surface area contributed by atoms with Gasteiger partial charge in [-0.25, -0.2) is 0 Å². The molecule has 0 aromatic carbocycles. The molecular weight excluding hydrogens is 332 g/mol. The average molecular weight is 350 g/mol. The normalized spacial score (nSPS) is 20.7. The van der Waals surface area contributed by atoms with Gasteiger partial charge in [0.15, 0.2) is 0 Å². The zero-order valence-corrected chi connectivity index (χ0v) is 14.3. The van der Waals surface area contributed by atoms with E-state index < -0.39 is 0 Å². The number of carbonyl (C=O) groups is 3. The number of thioether (sulfide) groups is 1. The van der Waals surface area contributed by atoms with E-state index in [0.717, 1.165) is 42.3 Å². The fourth-order valence-corrected chi connectivity index (χ4v) is 4.41. The summed E-state index contributed by atoms with van der Waals surface area (Å²) in [5.41, 5.74) is 0. The number of nitrogens with one attached hydrogen (secondary N) is 1. The maximum atomic E-state index is 12.3. The van der Waals surface area contributed by atoms with Gasteiger partial charge in [0, 0.05) is 23.9 Å². The minimum absolute atomic E-state index is 0.0450. The molecule has 122 valence electrons. The second-order valence-corrected chi connectivity index (χ2v) is 7.59. The molecule has 3 amide bonds. The van der Waals surface area contributed by atoms with Crippen LogP contribution in [0.25, 0.3) is 6.08 Å². The van der Waals surface area contributed by atoms with Crippen LogP contribution in [-0.4, -0.2) is 35.0 Å². The van der Waals surface area contributed by atoms with Gasteiger partial charge < -0.3 is 5.32 Å².